The van der Waals surface area contributed by atoms with Gasteiger partial charge in [-0.05, 0) is 47.8 Å². The maximum Gasteiger partial charge on any atom is 0.280 e. The SMILES string of the molecule is O=C(c1ccsc1)n1nc(-c2cccn(Cc3ccccn3)c2=O)cc1NCc1ccc(Cl)s1. The third-order valence-electron chi connectivity index (χ3n) is 5.10. The van der Waals surface area contributed by atoms with Crippen molar-refractivity contribution in [2.45, 2.75) is 13.1 Å². The number of rotatable bonds is 7. The molecule has 0 fully saturated rings. The minimum absolute atomic E-state index is 0.211. The molecule has 10 heteroatoms. The lowest BCUT2D eigenvalue weighted by Crippen LogP contribution is -2.22. The number of nitrogens with one attached hydrogen (secondary N) is 1. The predicted octanol–water partition coefficient (Wildman–Crippen LogP) is 5.23. The van der Waals surface area contributed by atoms with Gasteiger partial charge in [-0.2, -0.15) is 21.1 Å². The zero-order chi connectivity index (χ0) is 23.5. The molecule has 170 valence electrons. The van der Waals surface area contributed by atoms with E-state index in [9.17, 15) is 9.59 Å². The van der Waals surface area contributed by atoms with Crippen LogP contribution in [0.5, 0.6) is 0 Å². The number of nitrogens with zero attached hydrogens (tertiary/aromatic N) is 4. The molecule has 5 aromatic rings. The summed E-state index contributed by atoms with van der Waals surface area (Å²) in [5, 5.41) is 11.4. The minimum atomic E-state index is -0.274. The molecule has 0 aliphatic rings. The summed E-state index contributed by atoms with van der Waals surface area (Å²) in [5.74, 6) is 0.221. The molecule has 7 nitrogen and oxygen atoms in total. The van der Waals surface area contributed by atoms with Crippen LogP contribution in [-0.4, -0.2) is 25.2 Å². The highest BCUT2D eigenvalue weighted by Crippen LogP contribution is 2.25. The first kappa shape index (κ1) is 22.3. The summed E-state index contributed by atoms with van der Waals surface area (Å²) < 4.78 is 3.58. The molecular weight excluding hydrogens is 490 g/mol. The first-order valence-electron chi connectivity index (χ1n) is 10.3. The summed E-state index contributed by atoms with van der Waals surface area (Å²) in [5.41, 5.74) is 1.91. The first-order valence-corrected chi connectivity index (χ1v) is 12.5. The number of pyridine rings is 2. The van der Waals surface area contributed by atoms with Crippen molar-refractivity contribution in [3.8, 4) is 11.3 Å². The van der Waals surface area contributed by atoms with Gasteiger partial charge in [-0.3, -0.25) is 14.6 Å². The summed E-state index contributed by atoms with van der Waals surface area (Å²) in [7, 11) is 0. The fraction of sp³-hybridized carbons (Fsp3) is 0.0833. The van der Waals surface area contributed by atoms with Gasteiger partial charge >= 0.3 is 0 Å². The van der Waals surface area contributed by atoms with Crippen molar-refractivity contribution in [3.63, 3.8) is 0 Å². The monoisotopic (exact) mass is 507 g/mol. The molecule has 0 unspecified atom stereocenters. The van der Waals surface area contributed by atoms with E-state index in [4.69, 9.17) is 11.6 Å². The number of carbonyl (C=O) groups is 1. The molecule has 5 heterocycles. The summed E-state index contributed by atoms with van der Waals surface area (Å²) in [6.07, 6.45) is 3.41. The Labute approximate surface area is 207 Å². The number of hydrogen-bond acceptors (Lipinski definition) is 7. The van der Waals surface area contributed by atoms with Crippen molar-refractivity contribution in [3.05, 3.63) is 109 Å². The molecule has 5 rings (SSSR count). The van der Waals surface area contributed by atoms with Crippen molar-refractivity contribution >= 4 is 46.0 Å². The minimum Gasteiger partial charge on any atom is -0.365 e. The number of hydrogen-bond donors (Lipinski definition) is 1. The van der Waals surface area contributed by atoms with E-state index in [0.717, 1.165) is 10.6 Å². The van der Waals surface area contributed by atoms with Gasteiger partial charge in [0.2, 0.25) is 0 Å². The first-order chi connectivity index (χ1) is 16.6. The van der Waals surface area contributed by atoms with Gasteiger partial charge in [-0.15, -0.1) is 11.3 Å². The van der Waals surface area contributed by atoms with E-state index in [1.807, 2.05) is 35.7 Å². The van der Waals surface area contributed by atoms with Gasteiger partial charge in [0, 0.05) is 28.7 Å². The van der Waals surface area contributed by atoms with Crippen LogP contribution in [0, 0.1) is 0 Å². The predicted molar refractivity (Wildman–Crippen MR) is 136 cm³/mol. The third-order valence-corrected chi connectivity index (χ3v) is 7.01. The van der Waals surface area contributed by atoms with Crippen molar-refractivity contribution < 1.29 is 4.79 Å². The summed E-state index contributed by atoms with van der Waals surface area (Å²) in [6.45, 7) is 0.810. The molecule has 0 aliphatic heterocycles. The second-order valence-corrected chi connectivity index (χ2v) is 9.96. The fourth-order valence-electron chi connectivity index (χ4n) is 3.45. The fourth-order valence-corrected chi connectivity index (χ4v) is 5.11. The second kappa shape index (κ2) is 9.76. The summed E-state index contributed by atoms with van der Waals surface area (Å²) >= 11 is 8.94. The lowest BCUT2D eigenvalue weighted by atomic mass is 10.2. The van der Waals surface area contributed by atoms with Crippen LogP contribution in [0.3, 0.4) is 0 Å². The van der Waals surface area contributed by atoms with Crippen LogP contribution in [-0.2, 0) is 13.1 Å². The Balaban J connectivity index is 1.51. The second-order valence-electron chi connectivity index (χ2n) is 7.38. The van der Waals surface area contributed by atoms with Crippen molar-refractivity contribution in [2.75, 3.05) is 5.32 Å². The number of halogens is 1. The van der Waals surface area contributed by atoms with Gasteiger partial charge in [0.25, 0.3) is 11.5 Å². The molecular formula is C24H18ClN5O2S2. The van der Waals surface area contributed by atoms with E-state index < -0.39 is 0 Å². The molecule has 0 bridgehead atoms. The standard InChI is InChI=1S/C24H18ClN5O2S2/c25-21-7-6-18(34-21)13-27-22-12-20(28-30(22)23(31)16-8-11-33-15-16)19-5-3-10-29(24(19)32)14-17-4-1-2-9-26-17/h1-12,15,27H,13-14H2. The maximum atomic E-state index is 13.2. The van der Waals surface area contributed by atoms with Gasteiger partial charge in [0.05, 0.1) is 34.2 Å². The Kier molecular flexibility index (Phi) is 6.39. The number of anilines is 1. The molecule has 0 amide bonds. The highest BCUT2D eigenvalue weighted by atomic mass is 35.5. The average molecular weight is 508 g/mol. The molecule has 0 saturated heterocycles. The van der Waals surface area contributed by atoms with Crippen molar-refractivity contribution in [2.24, 2.45) is 0 Å². The molecule has 0 atom stereocenters. The van der Waals surface area contributed by atoms with Gasteiger partial charge in [0.1, 0.15) is 11.5 Å². The van der Waals surface area contributed by atoms with Crippen LogP contribution in [0.25, 0.3) is 11.3 Å². The van der Waals surface area contributed by atoms with E-state index >= 15 is 0 Å². The third kappa shape index (κ3) is 4.72. The van der Waals surface area contributed by atoms with Gasteiger partial charge in [0.15, 0.2) is 0 Å². The zero-order valence-corrected chi connectivity index (χ0v) is 20.1. The molecule has 0 aromatic carbocycles. The number of aromatic nitrogens is 4. The van der Waals surface area contributed by atoms with E-state index in [2.05, 4.69) is 15.4 Å². The molecule has 34 heavy (non-hydrogen) atoms. The quantitative estimate of drug-likeness (QED) is 0.326. The Morgan fingerprint density at radius 1 is 1.12 bits per heavy atom. The van der Waals surface area contributed by atoms with Crippen LogP contribution < -0.4 is 10.9 Å². The van der Waals surface area contributed by atoms with E-state index in [1.165, 1.54) is 27.4 Å². The Bertz CT molecular complexity index is 1490. The van der Waals surface area contributed by atoms with Crippen LogP contribution in [0.15, 0.2) is 82.5 Å². The highest BCUT2D eigenvalue weighted by Gasteiger charge is 2.19. The Hall–Kier alpha value is -3.53. The molecule has 1 N–H and O–H groups in total. The van der Waals surface area contributed by atoms with Crippen molar-refractivity contribution in [1.82, 2.24) is 19.3 Å². The average Bonchev–Trinajstić information content (AvgIpc) is 3.61. The molecule has 0 spiro atoms. The molecule has 5 aromatic heterocycles. The zero-order valence-electron chi connectivity index (χ0n) is 17.7. The number of thiophene rings is 2. The normalized spacial score (nSPS) is 11.0. The molecule has 0 radical (unpaired) electrons. The number of carbonyl (C=O) groups excluding carboxylic acids is 1. The molecule has 0 saturated carbocycles. The van der Waals surface area contributed by atoms with Gasteiger partial charge in [-0.1, -0.05) is 17.7 Å². The van der Waals surface area contributed by atoms with E-state index in [-0.39, 0.29) is 11.5 Å². The van der Waals surface area contributed by atoms with E-state index in [1.54, 1.807) is 46.6 Å². The lowest BCUT2D eigenvalue weighted by molar-refractivity contribution is 0.0948. The van der Waals surface area contributed by atoms with Gasteiger partial charge < -0.3 is 9.88 Å². The summed E-state index contributed by atoms with van der Waals surface area (Å²) in [6, 6.07) is 16.3. The Morgan fingerprint density at radius 3 is 2.76 bits per heavy atom. The largest absolute Gasteiger partial charge is 0.365 e. The van der Waals surface area contributed by atoms with E-state index in [0.29, 0.717) is 40.1 Å². The van der Waals surface area contributed by atoms with Gasteiger partial charge in [-0.25, -0.2) is 0 Å². The van der Waals surface area contributed by atoms with Crippen molar-refractivity contribution in [1.29, 1.82) is 0 Å². The smallest absolute Gasteiger partial charge is 0.280 e. The highest BCUT2D eigenvalue weighted by molar-refractivity contribution is 7.16. The topological polar surface area (TPSA) is 81.8 Å². The van der Waals surface area contributed by atoms with Crippen LogP contribution in [0.4, 0.5) is 5.82 Å². The van der Waals surface area contributed by atoms with Crippen LogP contribution >= 0.6 is 34.3 Å². The summed E-state index contributed by atoms with van der Waals surface area (Å²) in [4.78, 5) is 31.7. The maximum absolute atomic E-state index is 13.2. The van der Waals surface area contributed by atoms with Crippen LogP contribution in [0.1, 0.15) is 20.9 Å². The lowest BCUT2D eigenvalue weighted by Gasteiger charge is -2.07. The van der Waals surface area contributed by atoms with Crippen LogP contribution in [0.2, 0.25) is 4.34 Å². The Morgan fingerprint density at radius 2 is 2.03 bits per heavy atom. The molecule has 0 aliphatic carbocycles.